The van der Waals surface area contributed by atoms with Gasteiger partial charge in [0.15, 0.2) is 5.82 Å². The lowest BCUT2D eigenvalue weighted by Crippen LogP contribution is -2.48. The summed E-state index contributed by atoms with van der Waals surface area (Å²) >= 11 is 0. The number of aromatic amines is 1. The zero-order valence-corrected chi connectivity index (χ0v) is 18.1. The van der Waals surface area contributed by atoms with Gasteiger partial charge in [-0.05, 0) is 32.7 Å². The highest BCUT2D eigenvalue weighted by molar-refractivity contribution is 5.55. The predicted octanol–water partition coefficient (Wildman–Crippen LogP) is 2.78. The summed E-state index contributed by atoms with van der Waals surface area (Å²) in [4.78, 5) is 11.7. The van der Waals surface area contributed by atoms with Crippen LogP contribution in [0.25, 0.3) is 0 Å². The number of aromatic nitrogens is 4. The Morgan fingerprint density at radius 3 is 2.80 bits per heavy atom. The third kappa shape index (κ3) is 5.20. The van der Waals surface area contributed by atoms with Crippen molar-refractivity contribution in [3.63, 3.8) is 0 Å². The van der Waals surface area contributed by atoms with Gasteiger partial charge in [0.05, 0.1) is 13.2 Å². The molecule has 2 aromatic rings. The molecule has 4 rings (SSSR count). The lowest BCUT2D eigenvalue weighted by molar-refractivity contribution is 0.138. The van der Waals surface area contributed by atoms with E-state index in [-0.39, 0.29) is 6.10 Å². The number of nitrogens with zero attached hydrogens (tertiary/aromatic N) is 4. The van der Waals surface area contributed by atoms with Crippen LogP contribution < -0.4 is 20.3 Å². The van der Waals surface area contributed by atoms with Gasteiger partial charge >= 0.3 is 0 Å². The molecule has 0 radical (unpaired) electrons. The van der Waals surface area contributed by atoms with Gasteiger partial charge in [0.2, 0.25) is 11.8 Å². The first kappa shape index (κ1) is 20.9. The molecular weight excluding hydrogens is 382 g/mol. The molecule has 0 amide bonds. The number of ether oxygens (including phenoxy) is 2. The molecule has 4 heterocycles. The van der Waals surface area contributed by atoms with Crippen LogP contribution >= 0.6 is 0 Å². The van der Waals surface area contributed by atoms with E-state index >= 15 is 0 Å². The molecule has 9 heteroatoms. The van der Waals surface area contributed by atoms with Gasteiger partial charge in [0, 0.05) is 43.4 Å². The van der Waals surface area contributed by atoms with Gasteiger partial charge in [-0.25, -0.2) is 0 Å². The van der Waals surface area contributed by atoms with Crippen LogP contribution in [-0.2, 0) is 4.74 Å². The number of hydrogen-bond acceptors (Lipinski definition) is 8. The molecule has 2 aliphatic rings. The van der Waals surface area contributed by atoms with Crippen molar-refractivity contribution in [2.75, 3.05) is 37.0 Å². The summed E-state index contributed by atoms with van der Waals surface area (Å²) in [6.45, 7) is 6.64. The lowest BCUT2D eigenvalue weighted by Gasteiger charge is -2.35. The van der Waals surface area contributed by atoms with Crippen LogP contribution in [0.5, 0.6) is 5.88 Å². The lowest BCUT2D eigenvalue weighted by atomic mass is 9.95. The van der Waals surface area contributed by atoms with Crippen molar-refractivity contribution in [1.29, 1.82) is 0 Å². The van der Waals surface area contributed by atoms with Crippen molar-refractivity contribution >= 4 is 17.6 Å². The average molecular weight is 416 g/mol. The standard InChI is InChI=1S/C21H33N7O2/c1-4-5-16(11-15-6-8-22-15)28(3)21-24-18(23-19-10-14(2)26-27-19)12-20(25-21)30-17-7-9-29-13-17/h10,12,15-17,22H,4-9,11,13H2,1-3H3,(H2,23,24,25,26,27). The first-order valence-electron chi connectivity index (χ1n) is 11.0. The quantitative estimate of drug-likeness (QED) is 0.545. The summed E-state index contributed by atoms with van der Waals surface area (Å²) in [5.74, 6) is 2.62. The molecule has 3 N–H and O–H groups in total. The van der Waals surface area contributed by atoms with Crippen molar-refractivity contribution in [3.8, 4) is 5.88 Å². The van der Waals surface area contributed by atoms with E-state index in [9.17, 15) is 0 Å². The molecule has 0 bridgehead atoms. The van der Waals surface area contributed by atoms with E-state index in [0.717, 1.165) is 50.3 Å². The molecule has 3 unspecified atom stereocenters. The topological polar surface area (TPSA) is 100 Å². The van der Waals surface area contributed by atoms with E-state index in [1.165, 1.54) is 6.42 Å². The Balaban J connectivity index is 1.57. The fourth-order valence-electron chi connectivity index (χ4n) is 3.93. The number of aryl methyl sites for hydroxylation is 1. The fraction of sp³-hybridized carbons (Fsp3) is 0.667. The Hall–Kier alpha value is -2.39. The maximum absolute atomic E-state index is 6.12. The molecule has 164 valence electrons. The monoisotopic (exact) mass is 415 g/mol. The fourth-order valence-corrected chi connectivity index (χ4v) is 3.93. The van der Waals surface area contributed by atoms with Crippen LogP contribution in [0.2, 0.25) is 0 Å². The third-order valence-electron chi connectivity index (χ3n) is 5.80. The Bertz CT molecular complexity index is 817. The molecule has 0 aromatic carbocycles. The minimum atomic E-state index is 0.0316. The normalized spacial score (nSPS) is 21.8. The van der Waals surface area contributed by atoms with E-state index in [0.29, 0.717) is 36.3 Å². The van der Waals surface area contributed by atoms with Crippen molar-refractivity contribution < 1.29 is 9.47 Å². The minimum Gasteiger partial charge on any atom is -0.472 e. The summed E-state index contributed by atoms with van der Waals surface area (Å²) in [6, 6.07) is 4.74. The number of hydrogen-bond donors (Lipinski definition) is 3. The molecule has 2 aliphatic heterocycles. The van der Waals surface area contributed by atoms with Gasteiger partial charge in [0.25, 0.3) is 0 Å². The van der Waals surface area contributed by atoms with E-state index in [2.05, 4.69) is 39.7 Å². The highest BCUT2D eigenvalue weighted by Gasteiger charge is 2.26. The average Bonchev–Trinajstić information content (AvgIpc) is 3.34. The molecule has 0 aliphatic carbocycles. The van der Waals surface area contributed by atoms with Crippen LogP contribution in [0.4, 0.5) is 17.6 Å². The number of rotatable bonds is 10. The molecular formula is C21H33N7O2. The Labute approximate surface area is 178 Å². The Morgan fingerprint density at radius 2 is 2.17 bits per heavy atom. The van der Waals surface area contributed by atoms with Crippen LogP contribution in [0.1, 0.15) is 44.7 Å². The van der Waals surface area contributed by atoms with Crippen molar-refractivity contribution in [3.05, 3.63) is 17.8 Å². The van der Waals surface area contributed by atoms with Crippen molar-refractivity contribution in [2.24, 2.45) is 0 Å². The second kappa shape index (κ2) is 9.61. The largest absolute Gasteiger partial charge is 0.472 e. The number of H-pyrrole nitrogens is 1. The minimum absolute atomic E-state index is 0.0316. The van der Waals surface area contributed by atoms with Gasteiger partial charge in [-0.3, -0.25) is 5.10 Å². The van der Waals surface area contributed by atoms with Crippen molar-refractivity contribution in [2.45, 2.75) is 64.1 Å². The van der Waals surface area contributed by atoms with Gasteiger partial charge in [0.1, 0.15) is 11.9 Å². The second-order valence-electron chi connectivity index (χ2n) is 8.28. The van der Waals surface area contributed by atoms with E-state index in [4.69, 9.17) is 19.4 Å². The smallest absolute Gasteiger partial charge is 0.230 e. The second-order valence-corrected chi connectivity index (χ2v) is 8.28. The maximum Gasteiger partial charge on any atom is 0.230 e. The first-order chi connectivity index (χ1) is 14.6. The van der Waals surface area contributed by atoms with Crippen LogP contribution in [-0.4, -0.2) is 65.2 Å². The van der Waals surface area contributed by atoms with E-state index < -0.39 is 0 Å². The van der Waals surface area contributed by atoms with Crippen molar-refractivity contribution in [1.82, 2.24) is 25.5 Å². The molecule has 30 heavy (non-hydrogen) atoms. The number of anilines is 3. The van der Waals surface area contributed by atoms with Crippen LogP contribution in [0.3, 0.4) is 0 Å². The molecule has 0 spiro atoms. The van der Waals surface area contributed by atoms with Gasteiger partial charge < -0.3 is 25.0 Å². The zero-order chi connectivity index (χ0) is 20.9. The third-order valence-corrected chi connectivity index (χ3v) is 5.80. The van der Waals surface area contributed by atoms with E-state index in [1.54, 1.807) is 0 Å². The number of nitrogens with one attached hydrogen (secondary N) is 3. The van der Waals surface area contributed by atoms with Crippen LogP contribution in [0, 0.1) is 6.92 Å². The molecule has 3 atom stereocenters. The zero-order valence-electron chi connectivity index (χ0n) is 18.1. The highest BCUT2D eigenvalue weighted by atomic mass is 16.5. The summed E-state index contributed by atoms with van der Waals surface area (Å²) in [5, 5.41) is 14.0. The first-order valence-corrected chi connectivity index (χ1v) is 11.0. The molecule has 2 saturated heterocycles. The van der Waals surface area contributed by atoms with E-state index in [1.807, 2.05) is 19.1 Å². The molecule has 0 saturated carbocycles. The van der Waals surface area contributed by atoms with Crippen LogP contribution in [0.15, 0.2) is 12.1 Å². The molecule has 2 fully saturated rings. The Morgan fingerprint density at radius 1 is 1.30 bits per heavy atom. The molecule has 9 nitrogen and oxygen atoms in total. The highest BCUT2D eigenvalue weighted by Crippen LogP contribution is 2.26. The summed E-state index contributed by atoms with van der Waals surface area (Å²) in [6.07, 6.45) is 5.46. The summed E-state index contributed by atoms with van der Waals surface area (Å²) in [5.41, 5.74) is 0.986. The van der Waals surface area contributed by atoms with Gasteiger partial charge in [-0.15, -0.1) is 0 Å². The summed E-state index contributed by atoms with van der Waals surface area (Å²) < 4.78 is 11.6. The van der Waals surface area contributed by atoms with Gasteiger partial charge in [-0.1, -0.05) is 13.3 Å². The molecule has 2 aromatic heterocycles. The SMILES string of the molecule is CCCC(CC1CCN1)N(C)c1nc(Nc2cc(C)[nH]n2)cc(OC2CCOC2)n1. The Kier molecular flexibility index (Phi) is 6.69. The van der Waals surface area contributed by atoms with Gasteiger partial charge in [-0.2, -0.15) is 15.1 Å². The maximum atomic E-state index is 6.12. The predicted molar refractivity (Wildman–Crippen MR) is 117 cm³/mol. The summed E-state index contributed by atoms with van der Waals surface area (Å²) in [7, 11) is 2.08.